The molecule has 0 spiro atoms. The topological polar surface area (TPSA) is 76.2 Å². The average Bonchev–Trinajstić information content (AvgIpc) is 3.11. The Morgan fingerprint density at radius 2 is 1.72 bits per heavy atom. The summed E-state index contributed by atoms with van der Waals surface area (Å²) in [5.74, 6) is -0.142. The van der Waals surface area contributed by atoms with Crippen LogP contribution in [0.1, 0.15) is 5.56 Å². The number of nitrogens with one attached hydrogen (secondary N) is 1. The minimum Gasteiger partial charge on any atom is -0.382 e. The molecular formula is C24H21ClFN5O. The van der Waals surface area contributed by atoms with E-state index in [-0.39, 0.29) is 17.7 Å². The van der Waals surface area contributed by atoms with Crippen molar-refractivity contribution in [2.45, 2.75) is 6.54 Å². The van der Waals surface area contributed by atoms with Crippen molar-refractivity contribution in [3.8, 4) is 16.9 Å². The number of nitrogens with two attached hydrogens (primary N) is 1. The lowest BCUT2D eigenvalue weighted by Gasteiger charge is -2.18. The number of rotatable bonds is 5. The van der Waals surface area contributed by atoms with E-state index in [9.17, 15) is 9.18 Å². The number of halogens is 2. The van der Waals surface area contributed by atoms with Gasteiger partial charge in [0.1, 0.15) is 17.2 Å². The molecule has 0 saturated carbocycles. The number of carbonyl (C=O) groups excluding carboxylic acids is 1. The fourth-order valence-electron chi connectivity index (χ4n) is 3.27. The third-order valence-corrected chi connectivity index (χ3v) is 5.20. The maximum atomic E-state index is 13.4. The SMILES string of the molecule is CN(Cc1ccccc1)C(=O)Nc1c(-c2ccc(Cl)cc2)nn(-c2ccc(F)cc2)c1N. The summed E-state index contributed by atoms with van der Waals surface area (Å²) >= 11 is 6.03. The van der Waals surface area contributed by atoms with E-state index in [4.69, 9.17) is 17.3 Å². The molecule has 4 rings (SSSR count). The van der Waals surface area contributed by atoms with Gasteiger partial charge >= 0.3 is 6.03 Å². The van der Waals surface area contributed by atoms with Crippen LogP contribution < -0.4 is 11.1 Å². The lowest BCUT2D eigenvalue weighted by molar-refractivity contribution is 0.220. The van der Waals surface area contributed by atoms with Gasteiger partial charge in [0, 0.05) is 24.2 Å². The Morgan fingerprint density at radius 3 is 2.38 bits per heavy atom. The van der Waals surface area contributed by atoms with Crippen molar-refractivity contribution in [2.24, 2.45) is 0 Å². The van der Waals surface area contributed by atoms with Gasteiger partial charge in [0.2, 0.25) is 0 Å². The molecular weight excluding hydrogens is 429 g/mol. The second-order valence-corrected chi connectivity index (χ2v) is 7.71. The van der Waals surface area contributed by atoms with Gasteiger partial charge in [0.15, 0.2) is 5.82 Å². The molecule has 3 N–H and O–H groups in total. The predicted octanol–water partition coefficient (Wildman–Crippen LogP) is 5.58. The first-order valence-electron chi connectivity index (χ1n) is 9.89. The van der Waals surface area contributed by atoms with Crippen molar-refractivity contribution < 1.29 is 9.18 Å². The number of aromatic nitrogens is 2. The summed E-state index contributed by atoms with van der Waals surface area (Å²) in [4.78, 5) is 14.5. The molecule has 0 radical (unpaired) electrons. The molecule has 162 valence electrons. The van der Waals surface area contributed by atoms with Crippen LogP contribution in [0.5, 0.6) is 0 Å². The van der Waals surface area contributed by atoms with E-state index >= 15 is 0 Å². The van der Waals surface area contributed by atoms with Crippen LogP contribution in [0.2, 0.25) is 5.02 Å². The largest absolute Gasteiger partial charge is 0.382 e. The maximum Gasteiger partial charge on any atom is 0.322 e. The van der Waals surface area contributed by atoms with Gasteiger partial charge in [-0.1, -0.05) is 54.1 Å². The average molecular weight is 450 g/mol. The Morgan fingerprint density at radius 1 is 1.06 bits per heavy atom. The Labute approximate surface area is 190 Å². The van der Waals surface area contributed by atoms with Crippen LogP contribution in [0.4, 0.5) is 20.7 Å². The molecule has 1 heterocycles. The van der Waals surface area contributed by atoms with E-state index in [1.54, 1.807) is 48.3 Å². The molecule has 0 atom stereocenters. The number of carbonyl (C=O) groups is 1. The quantitative estimate of drug-likeness (QED) is 0.417. The van der Waals surface area contributed by atoms with Gasteiger partial charge in [0.05, 0.1) is 5.69 Å². The van der Waals surface area contributed by atoms with Gasteiger partial charge in [0.25, 0.3) is 0 Å². The minimum absolute atomic E-state index is 0.225. The molecule has 8 heteroatoms. The third-order valence-electron chi connectivity index (χ3n) is 4.95. The molecule has 6 nitrogen and oxygen atoms in total. The van der Waals surface area contributed by atoms with Crippen LogP contribution in [0.3, 0.4) is 0 Å². The Hall–Kier alpha value is -3.84. The third kappa shape index (κ3) is 4.58. The number of hydrogen-bond acceptors (Lipinski definition) is 3. The van der Waals surface area contributed by atoms with E-state index in [1.165, 1.54) is 16.8 Å². The van der Waals surface area contributed by atoms with Crippen molar-refractivity contribution in [3.63, 3.8) is 0 Å². The molecule has 4 aromatic rings. The molecule has 2 amide bonds. The second kappa shape index (κ2) is 9.11. The Bertz CT molecular complexity index is 1220. The van der Waals surface area contributed by atoms with Gasteiger partial charge in [-0.15, -0.1) is 0 Å². The summed E-state index contributed by atoms with van der Waals surface area (Å²) in [6.45, 7) is 0.426. The van der Waals surface area contributed by atoms with Crippen molar-refractivity contribution in [1.29, 1.82) is 0 Å². The summed E-state index contributed by atoms with van der Waals surface area (Å²) in [7, 11) is 1.70. The molecule has 0 saturated heterocycles. The monoisotopic (exact) mass is 449 g/mol. The molecule has 0 bridgehead atoms. The highest BCUT2D eigenvalue weighted by molar-refractivity contribution is 6.30. The van der Waals surface area contributed by atoms with Crippen LogP contribution in [0.25, 0.3) is 16.9 Å². The van der Waals surface area contributed by atoms with Gasteiger partial charge in [-0.2, -0.15) is 5.10 Å². The molecule has 0 aliphatic heterocycles. The van der Waals surface area contributed by atoms with E-state index in [0.717, 1.165) is 11.1 Å². The number of nitrogens with zero attached hydrogens (tertiary/aromatic N) is 3. The number of urea groups is 1. The van der Waals surface area contributed by atoms with Gasteiger partial charge in [-0.05, 0) is 42.0 Å². The van der Waals surface area contributed by atoms with E-state index < -0.39 is 0 Å². The van der Waals surface area contributed by atoms with E-state index in [0.29, 0.717) is 28.6 Å². The standard InChI is InChI=1S/C24H21ClFN5O/c1-30(15-16-5-3-2-4-6-16)24(32)28-22-21(17-7-9-18(25)10-8-17)29-31(23(22)27)20-13-11-19(26)12-14-20/h2-14H,15,27H2,1H3,(H,28,32). The van der Waals surface area contributed by atoms with Crippen molar-refractivity contribution >= 4 is 29.1 Å². The van der Waals surface area contributed by atoms with Crippen LogP contribution in [-0.2, 0) is 6.54 Å². The number of anilines is 2. The number of hydrogen-bond donors (Lipinski definition) is 2. The zero-order chi connectivity index (χ0) is 22.7. The molecule has 0 fully saturated rings. The van der Waals surface area contributed by atoms with Crippen LogP contribution in [0.15, 0.2) is 78.9 Å². The fraction of sp³-hybridized carbons (Fsp3) is 0.0833. The molecule has 3 aromatic carbocycles. The lowest BCUT2D eigenvalue weighted by Crippen LogP contribution is -2.31. The van der Waals surface area contributed by atoms with Crippen LogP contribution in [-0.4, -0.2) is 27.8 Å². The second-order valence-electron chi connectivity index (χ2n) is 7.28. The van der Waals surface area contributed by atoms with E-state index in [2.05, 4.69) is 10.4 Å². The summed E-state index contributed by atoms with van der Waals surface area (Å²) < 4.78 is 14.9. The summed E-state index contributed by atoms with van der Waals surface area (Å²) in [5.41, 5.74) is 9.52. The highest BCUT2D eigenvalue weighted by Gasteiger charge is 2.22. The first kappa shape index (κ1) is 21.4. The Kier molecular flexibility index (Phi) is 6.09. The Balaban J connectivity index is 1.69. The number of benzene rings is 3. The number of amides is 2. The smallest absolute Gasteiger partial charge is 0.322 e. The van der Waals surface area contributed by atoms with Crippen molar-refractivity contribution in [3.05, 3.63) is 95.3 Å². The van der Waals surface area contributed by atoms with Gasteiger partial charge in [-0.25, -0.2) is 13.9 Å². The van der Waals surface area contributed by atoms with Crippen LogP contribution in [0, 0.1) is 5.82 Å². The first-order valence-corrected chi connectivity index (χ1v) is 10.3. The first-order chi connectivity index (χ1) is 15.4. The van der Waals surface area contributed by atoms with Crippen molar-refractivity contribution in [2.75, 3.05) is 18.1 Å². The summed E-state index contributed by atoms with van der Waals surface area (Å²) in [6.07, 6.45) is 0. The number of nitrogen functional groups attached to an aromatic ring is 1. The van der Waals surface area contributed by atoms with Gasteiger partial charge in [-0.3, -0.25) is 0 Å². The van der Waals surface area contributed by atoms with Gasteiger partial charge < -0.3 is 16.0 Å². The fourth-order valence-corrected chi connectivity index (χ4v) is 3.40. The molecule has 0 unspecified atom stereocenters. The zero-order valence-electron chi connectivity index (χ0n) is 17.3. The van der Waals surface area contributed by atoms with Crippen molar-refractivity contribution in [1.82, 2.24) is 14.7 Å². The molecule has 1 aromatic heterocycles. The lowest BCUT2D eigenvalue weighted by atomic mass is 10.1. The highest BCUT2D eigenvalue weighted by atomic mass is 35.5. The minimum atomic E-state index is -0.367. The molecule has 32 heavy (non-hydrogen) atoms. The van der Waals surface area contributed by atoms with E-state index in [1.807, 2.05) is 30.3 Å². The normalized spacial score (nSPS) is 10.7. The summed E-state index contributed by atoms with van der Waals surface area (Å²) in [6, 6.07) is 22.2. The zero-order valence-corrected chi connectivity index (χ0v) is 18.1. The predicted molar refractivity (Wildman–Crippen MR) is 125 cm³/mol. The molecule has 0 aliphatic rings. The molecule has 0 aliphatic carbocycles. The van der Waals surface area contributed by atoms with Crippen LogP contribution >= 0.6 is 11.6 Å². The summed E-state index contributed by atoms with van der Waals surface area (Å²) in [5, 5.41) is 8.06. The highest BCUT2D eigenvalue weighted by Crippen LogP contribution is 2.35. The maximum absolute atomic E-state index is 13.4.